The van der Waals surface area contributed by atoms with Crippen LogP contribution in [0.2, 0.25) is 0 Å². The van der Waals surface area contributed by atoms with E-state index in [-0.39, 0.29) is 35.2 Å². The van der Waals surface area contributed by atoms with Crippen molar-refractivity contribution >= 4 is 29.9 Å². The van der Waals surface area contributed by atoms with Gasteiger partial charge in [0.1, 0.15) is 5.82 Å². The molecule has 1 aromatic carbocycles. The van der Waals surface area contributed by atoms with E-state index in [0.29, 0.717) is 26.4 Å². The number of guanidine groups is 1. The molecule has 0 aliphatic heterocycles. The molecule has 1 aliphatic carbocycles. The van der Waals surface area contributed by atoms with E-state index in [9.17, 15) is 4.39 Å². The van der Waals surface area contributed by atoms with Crippen molar-refractivity contribution in [2.45, 2.75) is 31.6 Å². The first-order chi connectivity index (χ1) is 12.2. The smallest absolute Gasteiger partial charge is 0.191 e. The Hall–Kier alpha value is -0.930. The lowest BCUT2D eigenvalue weighted by Crippen LogP contribution is -2.38. The Morgan fingerprint density at radius 3 is 2.62 bits per heavy atom. The van der Waals surface area contributed by atoms with E-state index in [0.717, 1.165) is 43.9 Å². The molecule has 26 heavy (non-hydrogen) atoms. The minimum absolute atomic E-state index is 0. The van der Waals surface area contributed by atoms with Gasteiger partial charge < -0.3 is 20.1 Å². The zero-order valence-corrected chi connectivity index (χ0v) is 18.1. The van der Waals surface area contributed by atoms with Crippen LogP contribution in [-0.4, -0.2) is 52.5 Å². The summed E-state index contributed by atoms with van der Waals surface area (Å²) in [5.74, 6) is 0.656. The first-order valence-corrected chi connectivity index (χ1v) is 9.06. The maximum Gasteiger partial charge on any atom is 0.191 e. The third-order valence-electron chi connectivity index (χ3n) is 4.37. The standard InChI is InChI=1S/C19H30FN3O2.HI/c1-3-21-18(22-11-6-12-25-14-13-24-2)23-15-19(9-10-19)16-7-4-5-8-17(16)20;/h4-5,7-8H,3,6,9-15H2,1-2H3,(H2,21,22,23);1H. The second kappa shape index (κ2) is 12.5. The first kappa shape index (κ1) is 23.1. The van der Waals surface area contributed by atoms with Gasteiger partial charge in [-0.3, -0.25) is 4.99 Å². The SMILES string of the molecule is CCNC(=NCC1(c2ccccc2F)CC1)NCCCOCCOC.I. The van der Waals surface area contributed by atoms with Crippen molar-refractivity contribution in [1.82, 2.24) is 10.6 Å². The summed E-state index contributed by atoms with van der Waals surface area (Å²) in [5.41, 5.74) is 0.665. The van der Waals surface area contributed by atoms with Crippen molar-refractivity contribution in [2.24, 2.45) is 4.99 Å². The number of ether oxygens (including phenoxy) is 2. The molecule has 0 saturated heterocycles. The van der Waals surface area contributed by atoms with E-state index in [1.54, 1.807) is 13.2 Å². The Morgan fingerprint density at radius 1 is 1.19 bits per heavy atom. The van der Waals surface area contributed by atoms with Gasteiger partial charge in [0.15, 0.2) is 5.96 Å². The summed E-state index contributed by atoms with van der Waals surface area (Å²) in [4.78, 5) is 4.68. The molecule has 2 N–H and O–H groups in total. The summed E-state index contributed by atoms with van der Waals surface area (Å²) in [7, 11) is 1.66. The van der Waals surface area contributed by atoms with Gasteiger partial charge in [-0.1, -0.05) is 18.2 Å². The predicted molar refractivity (Wildman–Crippen MR) is 114 cm³/mol. The lowest BCUT2D eigenvalue weighted by molar-refractivity contribution is 0.0698. The third kappa shape index (κ3) is 7.36. The minimum Gasteiger partial charge on any atom is -0.382 e. The fourth-order valence-electron chi connectivity index (χ4n) is 2.75. The van der Waals surface area contributed by atoms with Crippen molar-refractivity contribution in [2.75, 3.05) is 46.6 Å². The molecule has 1 fully saturated rings. The van der Waals surface area contributed by atoms with Crippen LogP contribution in [-0.2, 0) is 14.9 Å². The highest BCUT2D eigenvalue weighted by Gasteiger charge is 2.45. The van der Waals surface area contributed by atoms with Crippen LogP contribution in [0.5, 0.6) is 0 Å². The van der Waals surface area contributed by atoms with Crippen LogP contribution in [0, 0.1) is 5.82 Å². The number of halogens is 2. The Kier molecular flexibility index (Phi) is 11.1. The zero-order valence-electron chi connectivity index (χ0n) is 15.7. The Balaban J connectivity index is 0.00000338. The van der Waals surface area contributed by atoms with Crippen LogP contribution in [0.3, 0.4) is 0 Å². The molecule has 1 saturated carbocycles. The van der Waals surface area contributed by atoms with Gasteiger partial charge in [0.05, 0.1) is 19.8 Å². The van der Waals surface area contributed by atoms with Crippen LogP contribution in [0.1, 0.15) is 31.7 Å². The van der Waals surface area contributed by atoms with E-state index >= 15 is 0 Å². The summed E-state index contributed by atoms with van der Waals surface area (Å²) in [6.45, 7) is 6.15. The fourth-order valence-corrected chi connectivity index (χ4v) is 2.75. The molecule has 1 aromatic rings. The second-order valence-corrected chi connectivity index (χ2v) is 6.34. The average Bonchev–Trinajstić information content (AvgIpc) is 3.40. The number of nitrogens with zero attached hydrogens (tertiary/aromatic N) is 1. The summed E-state index contributed by atoms with van der Waals surface area (Å²) < 4.78 is 24.5. The van der Waals surface area contributed by atoms with E-state index in [1.165, 1.54) is 6.07 Å². The van der Waals surface area contributed by atoms with Gasteiger partial charge in [-0.05, 0) is 37.8 Å². The Bertz CT molecular complexity index is 553. The maximum absolute atomic E-state index is 14.1. The van der Waals surface area contributed by atoms with Gasteiger partial charge >= 0.3 is 0 Å². The topological polar surface area (TPSA) is 54.9 Å². The molecule has 0 heterocycles. The first-order valence-electron chi connectivity index (χ1n) is 9.06. The summed E-state index contributed by atoms with van der Waals surface area (Å²) in [5, 5.41) is 6.56. The molecule has 7 heteroatoms. The quantitative estimate of drug-likeness (QED) is 0.222. The monoisotopic (exact) mass is 479 g/mol. The molecule has 0 spiro atoms. The highest BCUT2D eigenvalue weighted by atomic mass is 127. The lowest BCUT2D eigenvalue weighted by Gasteiger charge is -2.16. The molecule has 0 bridgehead atoms. The van der Waals surface area contributed by atoms with Crippen molar-refractivity contribution in [3.63, 3.8) is 0 Å². The van der Waals surface area contributed by atoms with E-state index in [4.69, 9.17) is 9.47 Å². The molecule has 5 nitrogen and oxygen atoms in total. The molecule has 0 amide bonds. The molecule has 2 rings (SSSR count). The van der Waals surface area contributed by atoms with Crippen LogP contribution in [0.25, 0.3) is 0 Å². The van der Waals surface area contributed by atoms with Gasteiger partial charge in [0.2, 0.25) is 0 Å². The van der Waals surface area contributed by atoms with Crippen molar-refractivity contribution < 1.29 is 13.9 Å². The van der Waals surface area contributed by atoms with Gasteiger partial charge in [0, 0.05) is 32.2 Å². The molecule has 0 aromatic heterocycles. The fraction of sp³-hybridized carbons (Fsp3) is 0.632. The molecule has 0 radical (unpaired) electrons. The van der Waals surface area contributed by atoms with Gasteiger partial charge in [-0.2, -0.15) is 0 Å². The zero-order chi connectivity index (χ0) is 18.0. The molecule has 1 aliphatic rings. The largest absolute Gasteiger partial charge is 0.382 e. The van der Waals surface area contributed by atoms with Crippen LogP contribution in [0.15, 0.2) is 29.3 Å². The highest BCUT2D eigenvalue weighted by molar-refractivity contribution is 14.0. The molecule has 148 valence electrons. The van der Waals surface area contributed by atoms with Gasteiger partial charge in [-0.15, -0.1) is 24.0 Å². The summed E-state index contributed by atoms with van der Waals surface area (Å²) >= 11 is 0. The van der Waals surface area contributed by atoms with Gasteiger partial charge in [-0.25, -0.2) is 4.39 Å². The average molecular weight is 479 g/mol. The number of hydrogen-bond donors (Lipinski definition) is 2. The number of methoxy groups -OCH3 is 1. The van der Waals surface area contributed by atoms with E-state index < -0.39 is 0 Å². The van der Waals surface area contributed by atoms with Crippen molar-refractivity contribution in [1.29, 1.82) is 0 Å². The molecule has 0 unspecified atom stereocenters. The van der Waals surface area contributed by atoms with Crippen molar-refractivity contribution in [3.05, 3.63) is 35.6 Å². The van der Waals surface area contributed by atoms with E-state index in [2.05, 4.69) is 15.6 Å². The van der Waals surface area contributed by atoms with Crippen LogP contribution in [0.4, 0.5) is 4.39 Å². The number of rotatable bonds is 11. The number of benzene rings is 1. The van der Waals surface area contributed by atoms with Gasteiger partial charge in [0.25, 0.3) is 0 Å². The van der Waals surface area contributed by atoms with Crippen molar-refractivity contribution in [3.8, 4) is 0 Å². The number of nitrogens with one attached hydrogen (secondary N) is 2. The summed E-state index contributed by atoms with van der Waals surface area (Å²) in [6, 6.07) is 7.05. The van der Waals surface area contributed by atoms with E-state index in [1.807, 2.05) is 19.1 Å². The molecular weight excluding hydrogens is 448 g/mol. The number of aliphatic imine (C=N–C) groups is 1. The minimum atomic E-state index is -0.128. The molecule has 0 atom stereocenters. The third-order valence-corrected chi connectivity index (χ3v) is 4.37. The number of hydrogen-bond acceptors (Lipinski definition) is 3. The lowest BCUT2D eigenvalue weighted by atomic mass is 9.95. The maximum atomic E-state index is 14.1. The Labute approximate surface area is 173 Å². The summed E-state index contributed by atoms with van der Waals surface area (Å²) in [6.07, 6.45) is 2.88. The predicted octanol–water partition coefficient (Wildman–Crippen LogP) is 3.08. The highest BCUT2D eigenvalue weighted by Crippen LogP contribution is 2.49. The Morgan fingerprint density at radius 2 is 1.96 bits per heavy atom. The second-order valence-electron chi connectivity index (χ2n) is 6.34. The van der Waals surface area contributed by atoms with Crippen LogP contribution >= 0.6 is 24.0 Å². The van der Waals surface area contributed by atoms with Crippen LogP contribution < -0.4 is 10.6 Å². The normalized spacial score (nSPS) is 15.3. The molecular formula is C19H31FIN3O2.